The molecule has 4 rings (SSSR count). The van der Waals surface area contributed by atoms with Crippen LogP contribution in [0.5, 0.6) is 0 Å². The van der Waals surface area contributed by atoms with Gasteiger partial charge in [-0.05, 0) is 67.1 Å². The minimum absolute atomic E-state index is 0.135. The second-order valence-corrected chi connectivity index (χ2v) is 8.88. The normalized spacial score (nSPS) is 18.7. The molecule has 3 atom stereocenters. The lowest BCUT2D eigenvalue weighted by atomic mass is 9.95. The summed E-state index contributed by atoms with van der Waals surface area (Å²) in [5.74, 6) is 0.465. The van der Waals surface area contributed by atoms with Crippen molar-refractivity contribution >= 4 is 28.4 Å². The van der Waals surface area contributed by atoms with Crippen LogP contribution in [0.15, 0.2) is 54.6 Å². The zero-order valence-electron chi connectivity index (χ0n) is 19.1. The van der Waals surface area contributed by atoms with E-state index in [1.165, 1.54) is 16.3 Å². The highest BCUT2D eigenvalue weighted by Gasteiger charge is 2.30. The first-order valence-corrected chi connectivity index (χ1v) is 11.4. The number of amides is 2. The summed E-state index contributed by atoms with van der Waals surface area (Å²) in [6.45, 7) is 4.68. The van der Waals surface area contributed by atoms with Gasteiger partial charge >= 0.3 is 0 Å². The first-order chi connectivity index (χ1) is 15.9. The summed E-state index contributed by atoms with van der Waals surface area (Å²) < 4.78 is 0. The maximum Gasteiger partial charge on any atom is 0.242 e. The molecule has 2 aromatic carbocycles. The summed E-state index contributed by atoms with van der Waals surface area (Å²) in [4.78, 5) is 29.4. The van der Waals surface area contributed by atoms with Crippen molar-refractivity contribution in [1.82, 2.24) is 20.9 Å². The third-order valence-corrected chi connectivity index (χ3v) is 6.30. The van der Waals surface area contributed by atoms with Gasteiger partial charge in [-0.3, -0.25) is 9.59 Å². The van der Waals surface area contributed by atoms with E-state index in [2.05, 4.69) is 57.3 Å². The van der Waals surface area contributed by atoms with Crippen LogP contribution in [-0.2, 0) is 22.6 Å². The minimum Gasteiger partial charge on any atom is -0.384 e. The smallest absolute Gasteiger partial charge is 0.242 e. The van der Waals surface area contributed by atoms with Gasteiger partial charge in [-0.15, -0.1) is 0 Å². The van der Waals surface area contributed by atoms with Gasteiger partial charge in [-0.25, -0.2) is 4.98 Å². The Labute approximate surface area is 194 Å². The summed E-state index contributed by atoms with van der Waals surface area (Å²) in [6.07, 6.45) is 1.68. The fourth-order valence-corrected chi connectivity index (χ4v) is 4.37. The third kappa shape index (κ3) is 5.68. The van der Waals surface area contributed by atoms with Gasteiger partial charge in [-0.2, -0.15) is 0 Å². The van der Waals surface area contributed by atoms with Crippen LogP contribution in [0.2, 0.25) is 0 Å². The van der Waals surface area contributed by atoms with Gasteiger partial charge in [0.15, 0.2) is 0 Å². The van der Waals surface area contributed by atoms with Gasteiger partial charge in [0.1, 0.15) is 11.9 Å². The Morgan fingerprint density at radius 2 is 1.94 bits per heavy atom. The van der Waals surface area contributed by atoms with Crippen molar-refractivity contribution in [2.45, 2.75) is 45.3 Å². The number of nitrogen functional groups attached to an aromatic ring is 1. The van der Waals surface area contributed by atoms with Crippen molar-refractivity contribution < 1.29 is 9.59 Å². The van der Waals surface area contributed by atoms with Crippen molar-refractivity contribution in [3.63, 3.8) is 0 Å². The maximum atomic E-state index is 12.7. The predicted molar refractivity (Wildman–Crippen MR) is 130 cm³/mol. The zero-order valence-corrected chi connectivity index (χ0v) is 19.1. The van der Waals surface area contributed by atoms with E-state index in [9.17, 15) is 9.59 Å². The number of rotatable bonds is 7. The van der Waals surface area contributed by atoms with E-state index < -0.39 is 6.04 Å². The number of benzene rings is 2. The SMILES string of the molecule is Cc1nc(N)ccc1CNC(=O)[C@H](C)NC(=O)[C@H]1C[C@H](Cc2ccc3ccccc3c2)CN1. The van der Waals surface area contributed by atoms with Crippen LogP contribution in [0, 0.1) is 12.8 Å². The van der Waals surface area contributed by atoms with Crippen LogP contribution in [0.4, 0.5) is 5.82 Å². The Hall–Kier alpha value is -3.45. The highest BCUT2D eigenvalue weighted by atomic mass is 16.2. The van der Waals surface area contributed by atoms with Gasteiger partial charge in [0, 0.05) is 12.2 Å². The van der Waals surface area contributed by atoms with Crippen LogP contribution in [0.3, 0.4) is 0 Å². The summed E-state index contributed by atoms with van der Waals surface area (Å²) in [7, 11) is 0. The molecule has 0 unspecified atom stereocenters. The summed E-state index contributed by atoms with van der Waals surface area (Å²) in [5, 5.41) is 11.5. The first-order valence-electron chi connectivity index (χ1n) is 11.4. The molecule has 0 radical (unpaired) electrons. The van der Waals surface area contributed by atoms with Crippen molar-refractivity contribution in [2.75, 3.05) is 12.3 Å². The Morgan fingerprint density at radius 3 is 2.73 bits per heavy atom. The number of fused-ring (bicyclic) bond motifs is 1. The molecule has 0 bridgehead atoms. The number of pyridine rings is 1. The van der Waals surface area contributed by atoms with Crippen LogP contribution in [0.25, 0.3) is 10.8 Å². The molecule has 0 spiro atoms. The molecule has 5 N–H and O–H groups in total. The van der Waals surface area contributed by atoms with E-state index in [4.69, 9.17) is 5.73 Å². The molecule has 1 aliphatic heterocycles. The van der Waals surface area contributed by atoms with E-state index in [1.54, 1.807) is 13.0 Å². The molecule has 7 heteroatoms. The number of anilines is 1. The summed E-state index contributed by atoms with van der Waals surface area (Å²) in [6, 6.07) is 17.5. The molecule has 1 aromatic heterocycles. The number of aryl methyl sites for hydroxylation is 1. The zero-order chi connectivity index (χ0) is 23.4. The molecular weight excluding hydrogens is 414 g/mol. The highest BCUT2D eigenvalue weighted by Crippen LogP contribution is 2.22. The molecule has 0 saturated carbocycles. The summed E-state index contributed by atoms with van der Waals surface area (Å²) >= 11 is 0. The quantitative estimate of drug-likeness (QED) is 0.447. The Kier molecular flexibility index (Phi) is 6.89. The fourth-order valence-electron chi connectivity index (χ4n) is 4.37. The van der Waals surface area contributed by atoms with Crippen LogP contribution in [0.1, 0.15) is 30.2 Å². The van der Waals surface area contributed by atoms with E-state index in [-0.39, 0.29) is 17.9 Å². The number of nitrogens with one attached hydrogen (secondary N) is 3. The number of hydrogen-bond acceptors (Lipinski definition) is 5. The van der Waals surface area contributed by atoms with Crippen molar-refractivity contribution in [1.29, 1.82) is 0 Å². The molecule has 0 aliphatic carbocycles. The molecule has 33 heavy (non-hydrogen) atoms. The monoisotopic (exact) mass is 445 g/mol. The average molecular weight is 446 g/mol. The molecule has 2 heterocycles. The maximum absolute atomic E-state index is 12.7. The number of nitrogens with zero attached hydrogens (tertiary/aromatic N) is 1. The van der Waals surface area contributed by atoms with Gasteiger partial charge in [0.05, 0.1) is 6.04 Å². The largest absolute Gasteiger partial charge is 0.384 e. The first kappa shape index (κ1) is 22.7. The average Bonchev–Trinajstić information content (AvgIpc) is 3.27. The molecule has 1 fully saturated rings. The van der Waals surface area contributed by atoms with Crippen molar-refractivity contribution in [3.8, 4) is 0 Å². The predicted octanol–water partition coefficient (Wildman–Crippen LogP) is 2.47. The van der Waals surface area contributed by atoms with Gasteiger partial charge < -0.3 is 21.7 Å². The standard InChI is InChI=1S/C26H31N5O2/c1-16-22(9-10-24(27)30-16)15-29-25(32)17(2)31-26(33)23-13-19(14-28-23)11-18-7-8-20-5-3-4-6-21(20)12-18/h3-10,12,17,19,23,28H,11,13-15H2,1-2H3,(H2,27,30)(H,29,32)(H,31,33)/t17-,19-,23+/m0/s1. The third-order valence-electron chi connectivity index (χ3n) is 6.30. The van der Waals surface area contributed by atoms with E-state index >= 15 is 0 Å². The Bertz CT molecular complexity index is 1160. The molecular formula is C26H31N5O2. The number of aromatic nitrogens is 1. The molecule has 1 aliphatic rings. The van der Waals surface area contributed by atoms with E-state index in [0.717, 1.165) is 30.6 Å². The van der Waals surface area contributed by atoms with Gasteiger partial charge in [0.25, 0.3) is 0 Å². The van der Waals surface area contributed by atoms with E-state index in [1.807, 2.05) is 19.1 Å². The second kappa shape index (κ2) is 10.0. The Morgan fingerprint density at radius 1 is 1.15 bits per heavy atom. The topological polar surface area (TPSA) is 109 Å². The molecule has 1 saturated heterocycles. The number of carbonyl (C=O) groups excluding carboxylic acids is 2. The Balaban J connectivity index is 1.25. The molecule has 172 valence electrons. The summed E-state index contributed by atoms with van der Waals surface area (Å²) in [5.41, 5.74) is 8.62. The van der Waals surface area contributed by atoms with E-state index in [0.29, 0.717) is 18.3 Å². The van der Waals surface area contributed by atoms with Crippen LogP contribution in [-0.4, -0.2) is 35.4 Å². The minimum atomic E-state index is -0.624. The van der Waals surface area contributed by atoms with Crippen molar-refractivity contribution in [2.24, 2.45) is 5.92 Å². The van der Waals surface area contributed by atoms with Crippen LogP contribution < -0.4 is 21.7 Å². The second-order valence-electron chi connectivity index (χ2n) is 8.88. The van der Waals surface area contributed by atoms with Crippen molar-refractivity contribution in [3.05, 3.63) is 71.4 Å². The number of hydrogen-bond donors (Lipinski definition) is 4. The lowest BCUT2D eigenvalue weighted by Crippen LogP contribution is -2.50. The fraction of sp³-hybridized carbons (Fsp3) is 0.346. The van der Waals surface area contributed by atoms with Gasteiger partial charge in [0.2, 0.25) is 11.8 Å². The number of nitrogens with two attached hydrogens (primary N) is 1. The molecule has 2 amide bonds. The number of carbonyl (C=O) groups is 2. The lowest BCUT2D eigenvalue weighted by molar-refractivity contribution is -0.129. The van der Waals surface area contributed by atoms with Crippen LogP contribution >= 0.6 is 0 Å². The lowest BCUT2D eigenvalue weighted by Gasteiger charge is -2.17. The van der Waals surface area contributed by atoms with Gasteiger partial charge in [-0.1, -0.05) is 48.5 Å². The molecule has 3 aromatic rings. The molecule has 7 nitrogen and oxygen atoms in total. The highest BCUT2D eigenvalue weighted by molar-refractivity contribution is 5.89.